The van der Waals surface area contributed by atoms with Crippen molar-refractivity contribution in [3.8, 4) is 5.69 Å². The Labute approximate surface area is 175 Å². The van der Waals surface area contributed by atoms with Gasteiger partial charge in [-0.15, -0.1) is 0 Å². The van der Waals surface area contributed by atoms with Gasteiger partial charge in [-0.05, 0) is 49.1 Å². The summed E-state index contributed by atoms with van der Waals surface area (Å²) >= 11 is 0. The predicted molar refractivity (Wildman–Crippen MR) is 114 cm³/mol. The van der Waals surface area contributed by atoms with Gasteiger partial charge in [0.25, 0.3) is 5.91 Å². The minimum atomic E-state index is -0.412. The van der Waals surface area contributed by atoms with E-state index in [1.165, 1.54) is 5.56 Å². The number of benzene rings is 1. The van der Waals surface area contributed by atoms with Crippen LogP contribution in [0.3, 0.4) is 0 Å². The average molecular weight is 403 g/mol. The zero-order valence-electron chi connectivity index (χ0n) is 17.0. The van der Waals surface area contributed by atoms with Gasteiger partial charge in [0.15, 0.2) is 0 Å². The molecule has 2 aliphatic heterocycles. The number of hydrogen-bond acceptors (Lipinski definition) is 5. The third-order valence-corrected chi connectivity index (χ3v) is 6.13. The van der Waals surface area contributed by atoms with Crippen molar-refractivity contribution < 1.29 is 9.53 Å². The van der Waals surface area contributed by atoms with Crippen molar-refractivity contribution in [3.63, 3.8) is 0 Å². The number of nitrogens with one attached hydrogen (secondary N) is 1. The minimum absolute atomic E-state index is 0.00754. The number of pyridine rings is 1. The molecule has 1 amide bonds. The van der Waals surface area contributed by atoms with Gasteiger partial charge in [0.2, 0.25) is 0 Å². The van der Waals surface area contributed by atoms with Gasteiger partial charge >= 0.3 is 0 Å². The van der Waals surface area contributed by atoms with Crippen LogP contribution in [0.5, 0.6) is 0 Å². The first-order chi connectivity index (χ1) is 14.7. The van der Waals surface area contributed by atoms with E-state index in [1.807, 2.05) is 33.8 Å². The molecule has 5 rings (SSSR count). The number of para-hydroxylation sites is 1. The highest BCUT2D eigenvalue weighted by Gasteiger charge is 2.44. The number of ether oxygens (including phenoxy) is 1. The molecule has 1 spiro atoms. The van der Waals surface area contributed by atoms with Gasteiger partial charge in [0, 0.05) is 32.5 Å². The molecule has 4 heterocycles. The first kappa shape index (κ1) is 18.8. The van der Waals surface area contributed by atoms with E-state index in [0.29, 0.717) is 31.1 Å². The average Bonchev–Trinajstić information content (AvgIpc) is 3.26. The summed E-state index contributed by atoms with van der Waals surface area (Å²) in [6.45, 7) is 1.96. The Morgan fingerprint density at radius 2 is 1.93 bits per heavy atom. The zero-order chi connectivity index (χ0) is 20.6. The molecule has 3 aromatic rings. The molecule has 0 radical (unpaired) electrons. The number of piperidine rings is 1. The molecule has 1 aromatic carbocycles. The lowest BCUT2D eigenvalue weighted by Crippen LogP contribution is -2.48. The Balaban J connectivity index is 1.38. The predicted octanol–water partition coefficient (Wildman–Crippen LogP) is 3.01. The largest absolute Gasteiger partial charge is 0.372 e. The highest BCUT2D eigenvalue weighted by molar-refractivity contribution is 5.98. The molecule has 7 nitrogen and oxygen atoms in total. The van der Waals surface area contributed by atoms with Crippen LogP contribution in [0.25, 0.3) is 5.69 Å². The van der Waals surface area contributed by atoms with Crippen LogP contribution in [0.1, 0.15) is 34.5 Å². The van der Waals surface area contributed by atoms with Crippen LogP contribution in [0.4, 0.5) is 5.82 Å². The molecule has 2 aromatic heterocycles. The number of carbonyl (C=O) groups excluding carboxylic acids is 1. The van der Waals surface area contributed by atoms with Crippen LogP contribution in [-0.2, 0) is 16.8 Å². The van der Waals surface area contributed by atoms with E-state index in [2.05, 4.69) is 28.6 Å². The summed E-state index contributed by atoms with van der Waals surface area (Å²) in [6, 6.07) is 13.8. The molecule has 0 atom stereocenters. The van der Waals surface area contributed by atoms with Crippen LogP contribution in [0.2, 0.25) is 0 Å². The second-order valence-corrected chi connectivity index (χ2v) is 7.82. The quantitative estimate of drug-likeness (QED) is 0.728. The van der Waals surface area contributed by atoms with E-state index in [0.717, 1.165) is 30.6 Å². The molecule has 30 heavy (non-hydrogen) atoms. The third kappa shape index (κ3) is 3.15. The van der Waals surface area contributed by atoms with E-state index in [4.69, 9.17) is 9.84 Å². The lowest BCUT2D eigenvalue weighted by Gasteiger charge is -2.43. The number of rotatable bonds is 3. The second-order valence-electron chi connectivity index (χ2n) is 7.82. The molecule has 1 N–H and O–H groups in total. The summed E-state index contributed by atoms with van der Waals surface area (Å²) in [6.07, 6.45) is 6.17. The van der Waals surface area contributed by atoms with E-state index >= 15 is 0 Å². The summed E-state index contributed by atoms with van der Waals surface area (Å²) in [4.78, 5) is 19.2. The summed E-state index contributed by atoms with van der Waals surface area (Å²) in [5.41, 5.74) is 3.52. The normalized spacial score (nSPS) is 17.6. The molecule has 1 saturated heterocycles. The number of hydrogen-bond donors (Lipinski definition) is 1. The first-order valence-corrected chi connectivity index (χ1v) is 10.4. The van der Waals surface area contributed by atoms with Crippen molar-refractivity contribution in [3.05, 3.63) is 71.7 Å². The second kappa shape index (κ2) is 7.57. The Morgan fingerprint density at radius 1 is 1.13 bits per heavy atom. The molecule has 0 saturated carbocycles. The molecule has 7 heteroatoms. The van der Waals surface area contributed by atoms with Crippen molar-refractivity contribution in [2.45, 2.75) is 24.9 Å². The van der Waals surface area contributed by atoms with Crippen molar-refractivity contribution in [2.75, 3.05) is 32.1 Å². The van der Waals surface area contributed by atoms with Gasteiger partial charge in [-0.25, -0.2) is 9.67 Å². The summed E-state index contributed by atoms with van der Waals surface area (Å²) < 4.78 is 8.27. The highest BCUT2D eigenvalue weighted by atomic mass is 16.5. The van der Waals surface area contributed by atoms with E-state index in [1.54, 1.807) is 19.3 Å². The summed E-state index contributed by atoms with van der Waals surface area (Å²) in [5.74, 6) is 0.619. The van der Waals surface area contributed by atoms with Crippen LogP contribution in [0.15, 0.2) is 54.9 Å². The topological polar surface area (TPSA) is 72.3 Å². The number of fused-ring (bicyclic) bond motifs is 2. The number of carbonyl (C=O) groups is 1. The Hall–Kier alpha value is -3.19. The van der Waals surface area contributed by atoms with Crippen molar-refractivity contribution in [1.29, 1.82) is 0 Å². The number of aromatic nitrogens is 3. The molecule has 0 bridgehead atoms. The van der Waals surface area contributed by atoms with Crippen LogP contribution < -0.4 is 5.32 Å². The number of anilines is 1. The fourth-order valence-electron chi connectivity index (χ4n) is 4.51. The number of likely N-dealkylation sites (tertiary alicyclic amines) is 1. The van der Waals surface area contributed by atoms with Crippen LogP contribution >= 0.6 is 0 Å². The first-order valence-electron chi connectivity index (χ1n) is 10.4. The van der Waals surface area contributed by atoms with Crippen molar-refractivity contribution in [1.82, 2.24) is 19.7 Å². The zero-order valence-corrected chi connectivity index (χ0v) is 17.0. The third-order valence-electron chi connectivity index (χ3n) is 6.13. The van der Waals surface area contributed by atoms with E-state index < -0.39 is 5.60 Å². The maximum absolute atomic E-state index is 13.1. The van der Waals surface area contributed by atoms with Crippen molar-refractivity contribution >= 4 is 11.7 Å². The smallest absolute Gasteiger partial charge is 0.257 e. The Morgan fingerprint density at radius 3 is 2.70 bits per heavy atom. The lowest BCUT2D eigenvalue weighted by atomic mass is 9.83. The van der Waals surface area contributed by atoms with Gasteiger partial charge in [0.05, 0.1) is 23.6 Å². The van der Waals surface area contributed by atoms with Crippen LogP contribution in [0, 0.1) is 0 Å². The van der Waals surface area contributed by atoms with Crippen molar-refractivity contribution in [2.24, 2.45) is 0 Å². The number of nitrogens with zero attached hydrogens (tertiary/aromatic N) is 4. The molecule has 1 fully saturated rings. The molecule has 0 aliphatic carbocycles. The minimum Gasteiger partial charge on any atom is -0.372 e. The monoisotopic (exact) mass is 403 g/mol. The summed E-state index contributed by atoms with van der Waals surface area (Å²) in [5, 5.41) is 7.93. The number of amides is 1. The van der Waals surface area contributed by atoms with Gasteiger partial charge < -0.3 is 15.0 Å². The Bertz CT molecular complexity index is 1050. The molecule has 0 unspecified atom stereocenters. The van der Waals surface area contributed by atoms with Crippen LogP contribution in [-0.4, -0.2) is 52.3 Å². The summed E-state index contributed by atoms with van der Waals surface area (Å²) in [7, 11) is 1.78. The SMILES string of the molecule is CNc1ncccc1C(=O)N1CCC2(CC1)OCCc1cn(-c3ccccc3)nc12. The van der Waals surface area contributed by atoms with E-state index in [-0.39, 0.29) is 5.91 Å². The molecule has 2 aliphatic rings. The highest BCUT2D eigenvalue weighted by Crippen LogP contribution is 2.41. The fourth-order valence-corrected chi connectivity index (χ4v) is 4.51. The van der Waals surface area contributed by atoms with Gasteiger partial charge in [-0.2, -0.15) is 5.10 Å². The maximum Gasteiger partial charge on any atom is 0.257 e. The molecule has 154 valence electrons. The van der Waals surface area contributed by atoms with Gasteiger partial charge in [0.1, 0.15) is 11.4 Å². The molecular formula is C23H25N5O2. The lowest BCUT2D eigenvalue weighted by molar-refractivity contribution is -0.0963. The maximum atomic E-state index is 13.1. The van der Waals surface area contributed by atoms with Gasteiger partial charge in [-0.3, -0.25) is 4.79 Å². The van der Waals surface area contributed by atoms with Gasteiger partial charge in [-0.1, -0.05) is 18.2 Å². The molecular weight excluding hydrogens is 378 g/mol. The van der Waals surface area contributed by atoms with E-state index in [9.17, 15) is 4.79 Å². The standard InChI is InChI=1S/C23H25N5O2/c1-24-21-19(8-5-12-25-21)22(29)27-13-10-23(11-14-27)20-17(9-15-30-23)16-28(26-20)18-6-3-2-4-7-18/h2-8,12,16H,9-11,13-15H2,1H3,(H,24,25). The Kier molecular flexibility index (Phi) is 4.75. The fraction of sp³-hybridized carbons (Fsp3) is 0.348.